The van der Waals surface area contributed by atoms with Crippen LogP contribution in [0.15, 0.2) is 27.7 Å². The van der Waals surface area contributed by atoms with E-state index in [4.69, 9.17) is 5.73 Å². The van der Waals surface area contributed by atoms with Gasteiger partial charge in [-0.05, 0) is 39.0 Å². The van der Waals surface area contributed by atoms with Crippen molar-refractivity contribution in [2.24, 2.45) is 0 Å². The van der Waals surface area contributed by atoms with Crippen LogP contribution >= 0.6 is 11.8 Å². The number of aromatic amines is 1. The first-order valence-corrected chi connectivity index (χ1v) is 8.41. The lowest BCUT2D eigenvalue weighted by atomic mass is 9.97. The summed E-state index contributed by atoms with van der Waals surface area (Å²) in [4.78, 5) is 29.9. The maximum absolute atomic E-state index is 12.1. The molecule has 1 aromatic heterocycles. The van der Waals surface area contributed by atoms with Gasteiger partial charge in [0.05, 0.1) is 5.25 Å². The number of H-pyrrole nitrogens is 1. The van der Waals surface area contributed by atoms with Gasteiger partial charge in [0.25, 0.3) is 5.56 Å². The zero-order valence-corrected chi connectivity index (χ0v) is 13.5. The van der Waals surface area contributed by atoms with Gasteiger partial charge < -0.3 is 16.0 Å². The van der Waals surface area contributed by atoms with Crippen LogP contribution in [0.3, 0.4) is 0 Å². The average molecular weight is 322 g/mol. The van der Waals surface area contributed by atoms with Gasteiger partial charge in [0.1, 0.15) is 5.82 Å². The van der Waals surface area contributed by atoms with Crippen molar-refractivity contribution in [3.8, 4) is 0 Å². The molecule has 0 aliphatic heterocycles. The van der Waals surface area contributed by atoms with E-state index in [1.165, 1.54) is 36.2 Å². The Labute approximate surface area is 134 Å². The minimum Gasteiger partial charge on any atom is -0.383 e. The van der Waals surface area contributed by atoms with Gasteiger partial charge in [0.15, 0.2) is 5.16 Å². The summed E-state index contributed by atoms with van der Waals surface area (Å²) in [5, 5.41) is 2.95. The van der Waals surface area contributed by atoms with Crippen molar-refractivity contribution in [3.05, 3.63) is 28.1 Å². The van der Waals surface area contributed by atoms with Crippen LogP contribution in [0.5, 0.6) is 0 Å². The van der Waals surface area contributed by atoms with E-state index < -0.39 is 0 Å². The Bertz CT molecular complexity index is 612. The molecule has 1 atom stereocenters. The van der Waals surface area contributed by atoms with Crippen LogP contribution in [-0.2, 0) is 4.79 Å². The van der Waals surface area contributed by atoms with Crippen molar-refractivity contribution in [3.63, 3.8) is 0 Å². The van der Waals surface area contributed by atoms with Crippen molar-refractivity contribution >= 4 is 23.5 Å². The molecular weight excluding hydrogens is 300 g/mol. The molecule has 0 bridgehead atoms. The van der Waals surface area contributed by atoms with Gasteiger partial charge in [-0.25, -0.2) is 4.98 Å². The lowest BCUT2D eigenvalue weighted by molar-refractivity contribution is -0.120. The first-order valence-electron chi connectivity index (χ1n) is 7.53. The van der Waals surface area contributed by atoms with Crippen LogP contribution in [0.2, 0.25) is 0 Å². The Morgan fingerprint density at radius 2 is 2.36 bits per heavy atom. The second-order valence-corrected chi connectivity index (χ2v) is 6.71. The fourth-order valence-electron chi connectivity index (χ4n) is 2.35. The van der Waals surface area contributed by atoms with Crippen molar-refractivity contribution in [1.29, 1.82) is 0 Å². The zero-order valence-electron chi connectivity index (χ0n) is 12.7. The second-order valence-electron chi connectivity index (χ2n) is 5.38. The number of thioether (sulfide) groups is 1. The number of anilines is 1. The molecule has 22 heavy (non-hydrogen) atoms. The molecule has 0 saturated carbocycles. The molecule has 7 heteroatoms. The van der Waals surface area contributed by atoms with Crippen LogP contribution in [-0.4, -0.2) is 27.7 Å². The fraction of sp³-hybridized carbons (Fsp3) is 0.533. The van der Waals surface area contributed by atoms with Crippen molar-refractivity contribution in [2.75, 3.05) is 12.3 Å². The third kappa shape index (κ3) is 5.22. The molecule has 0 radical (unpaired) electrons. The van der Waals surface area contributed by atoms with E-state index in [9.17, 15) is 9.59 Å². The Morgan fingerprint density at radius 1 is 1.55 bits per heavy atom. The minimum atomic E-state index is -0.342. The summed E-state index contributed by atoms with van der Waals surface area (Å²) in [5.74, 6) is 0.0922. The highest BCUT2D eigenvalue weighted by atomic mass is 32.2. The number of amides is 1. The summed E-state index contributed by atoms with van der Waals surface area (Å²) in [6.45, 7) is 2.43. The fourth-order valence-corrected chi connectivity index (χ4v) is 3.19. The molecular formula is C15H22N4O2S. The predicted octanol–water partition coefficient (Wildman–Crippen LogP) is 1.84. The highest BCUT2D eigenvalue weighted by Crippen LogP contribution is 2.20. The largest absolute Gasteiger partial charge is 0.383 e. The number of nitrogens with zero attached hydrogens (tertiary/aromatic N) is 1. The van der Waals surface area contributed by atoms with Gasteiger partial charge >= 0.3 is 0 Å². The molecule has 1 aliphatic rings. The van der Waals surface area contributed by atoms with Gasteiger partial charge in [-0.1, -0.05) is 23.4 Å². The summed E-state index contributed by atoms with van der Waals surface area (Å²) in [6.07, 6.45) is 8.03. The van der Waals surface area contributed by atoms with Gasteiger partial charge in [-0.15, -0.1) is 0 Å². The Hall–Kier alpha value is -1.76. The average Bonchev–Trinajstić information content (AvgIpc) is 2.47. The molecule has 0 fully saturated rings. The van der Waals surface area contributed by atoms with Crippen LogP contribution in [0, 0.1) is 0 Å². The first-order chi connectivity index (χ1) is 10.5. The van der Waals surface area contributed by atoms with Crippen molar-refractivity contribution in [2.45, 2.75) is 49.4 Å². The highest BCUT2D eigenvalue weighted by molar-refractivity contribution is 8.00. The van der Waals surface area contributed by atoms with Crippen LogP contribution < -0.4 is 16.6 Å². The first kappa shape index (κ1) is 16.6. The number of rotatable bonds is 6. The van der Waals surface area contributed by atoms with E-state index in [2.05, 4.69) is 21.4 Å². The number of nitrogens with two attached hydrogens (primary N) is 1. The zero-order chi connectivity index (χ0) is 15.9. The summed E-state index contributed by atoms with van der Waals surface area (Å²) >= 11 is 1.19. The summed E-state index contributed by atoms with van der Waals surface area (Å²) in [7, 11) is 0. The smallest absolute Gasteiger partial charge is 0.253 e. The van der Waals surface area contributed by atoms with Gasteiger partial charge in [0, 0.05) is 12.6 Å². The third-order valence-electron chi connectivity index (χ3n) is 3.53. The SMILES string of the molecule is C[C@@H](Sc1nc(N)cc(=O)[nH]1)C(=O)NCCC1=CCCCC1. The third-order valence-corrected chi connectivity index (χ3v) is 4.51. The summed E-state index contributed by atoms with van der Waals surface area (Å²) in [6, 6.07) is 1.21. The second kappa shape index (κ2) is 8.03. The van der Waals surface area contributed by atoms with Gasteiger partial charge in [-0.3, -0.25) is 9.59 Å². The van der Waals surface area contributed by atoms with E-state index >= 15 is 0 Å². The van der Waals surface area contributed by atoms with E-state index in [0.717, 1.165) is 19.3 Å². The minimum absolute atomic E-state index is 0.0634. The number of aromatic nitrogens is 2. The van der Waals surface area contributed by atoms with E-state index in [1.54, 1.807) is 6.92 Å². The normalized spacial score (nSPS) is 16.0. The molecule has 0 saturated heterocycles. The van der Waals surface area contributed by atoms with Crippen molar-refractivity contribution in [1.82, 2.24) is 15.3 Å². The summed E-state index contributed by atoms with van der Waals surface area (Å²) < 4.78 is 0. The predicted molar refractivity (Wildman–Crippen MR) is 88.8 cm³/mol. The lowest BCUT2D eigenvalue weighted by Crippen LogP contribution is -2.32. The maximum Gasteiger partial charge on any atom is 0.253 e. The molecule has 2 rings (SSSR count). The van der Waals surface area contributed by atoms with E-state index in [0.29, 0.717) is 11.7 Å². The number of allylic oxidation sites excluding steroid dienone is 1. The number of hydrogen-bond donors (Lipinski definition) is 3. The Morgan fingerprint density at radius 3 is 3.05 bits per heavy atom. The molecule has 0 unspecified atom stereocenters. The topological polar surface area (TPSA) is 101 Å². The van der Waals surface area contributed by atoms with Crippen LogP contribution in [0.25, 0.3) is 0 Å². The van der Waals surface area contributed by atoms with Gasteiger partial charge in [-0.2, -0.15) is 0 Å². The lowest BCUT2D eigenvalue weighted by Gasteiger charge is -2.14. The molecule has 0 aromatic carbocycles. The Balaban J connectivity index is 1.79. The van der Waals surface area contributed by atoms with Crippen LogP contribution in [0.4, 0.5) is 5.82 Å². The number of nitrogen functional groups attached to an aromatic ring is 1. The standard InChI is InChI=1S/C15H22N4O2S/c1-10(22-15-18-12(16)9-13(20)19-15)14(21)17-8-7-11-5-3-2-4-6-11/h5,9-10H,2-4,6-8H2,1H3,(H,17,21)(H3,16,18,19,20)/t10-/m1/s1. The number of nitrogens with one attached hydrogen (secondary N) is 2. The highest BCUT2D eigenvalue weighted by Gasteiger charge is 2.16. The number of hydrogen-bond acceptors (Lipinski definition) is 5. The molecule has 120 valence electrons. The Kier molecular flexibility index (Phi) is 6.06. The molecule has 0 spiro atoms. The molecule has 4 N–H and O–H groups in total. The monoisotopic (exact) mass is 322 g/mol. The summed E-state index contributed by atoms with van der Waals surface area (Å²) in [5.41, 5.74) is 6.65. The van der Waals surface area contributed by atoms with E-state index in [-0.39, 0.29) is 22.5 Å². The molecule has 1 aromatic rings. The number of carbonyl (C=O) groups excluding carboxylic acids is 1. The van der Waals surface area contributed by atoms with Gasteiger partial charge in [0.2, 0.25) is 5.91 Å². The number of carbonyl (C=O) groups is 1. The van der Waals surface area contributed by atoms with Crippen molar-refractivity contribution < 1.29 is 4.79 Å². The van der Waals surface area contributed by atoms with Crippen LogP contribution in [0.1, 0.15) is 39.0 Å². The molecule has 1 heterocycles. The molecule has 6 nitrogen and oxygen atoms in total. The van der Waals surface area contributed by atoms with E-state index in [1.807, 2.05) is 0 Å². The quantitative estimate of drug-likeness (QED) is 0.421. The molecule has 1 aliphatic carbocycles. The molecule has 1 amide bonds. The maximum atomic E-state index is 12.1.